The minimum atomic E-state index is -0.934. The molecule has 0 spiro atoms. The molecule has 0 aliphatic carbocycles. The average Bonchev–Trinajstić information content (AvgIpc) is 3.18. The largest absolute Gasteiger partial charge is 0.459 e. The molecule has 0 saturated heterocycles. The van der Waals surface area contributed by atoms with Crippen LogP contribution < -0.4 is 5.32 Å². The molecule has 25 heavy (non-hydrogen) atoms. The van der Waals surface area contributed by atoms with Crippen LogP contribution >= 0.6 is 11.3 Å². The lowest BCUT2D eigenvalue weighted by Gasteiger charge is -2.14. The molecule has 2 aromatic heterocycles. The maximum atomic E-state index is 13.3. The van der Waals surface area contributed by atoms with Crippen molar-refractivity contribution in [1.29, 1.82) is 0 Å². The van der Waals surface area contributed by atoms with Gasteiger partial charge in [0.2, 0.25) is 5.91 Å². The van der Waals surface area contributed by atoms with Gasteiger partial charge in [-0.2, -0.15) is 0 Å². The number of rotatable bonds is 5. The molecule has 1 atom stereocenters. The van der Waals surface area contributed by atoms with Gasteiger partial charge in [0.1, 0.15) is 5.76 Å². The van der Waals surface area contributed by atoms with Gasteiger partial charge in [0.15, 0.2) is 22.4 Å². The summed E-state index contributed by atoms with van der Waals surface area (Å²) in [6, 6.07) is 6.83. The van der Waals surface area contributed by atoms with E-state index in [-0.39, 0.29) is 12.3 Å². The van der Waals surface area contributed by atoms with E-state index < -0.39 is 17.7 Å². The fraction of sp³-hybridized carbons (Fsp3) is 0.222. The van der Waals surface area contributed by atoms with E-state index in [1.807, 2.05) is 19.1 Å². The van der Waals surface area contributed by atoms with Gasteiger partial charge in [-0.3, -0.25) is 4.79 Å². The molecule has 0 aliphatic heterocycles. The molecule has 1 amide bonds. The van der Waals surface area contributed by atoms with Gasteiger partial charge in [-0.1, -0.05) is 6.07 Å². The third-order valence-corrected chi connectivity index (χ3v) is 4.57. The Morgan fingerprint density at radius 3 is 2.76 bits per heavy atom. The number of thiazole rings is 1. The van der Waals surface area contributed by atoms with Gasteiger partial charge in [-0.15, -0.1) is 11.3 Å². The molecule has 1 N–H and O–H groups in total. The minimum Gasteiger partial charge on any atom is -0.459 e. The molecular weight excluding hydrogens is 346 g/mol. The number of hydrogen-bond acceptors (Lipinski definition) is 4. The van der Waals surface area contributed by atoms with E-state index in [0.717, 1.165) is 17.9 Å². The first-order valence-corrected chi connectivity index (χ1v) is 8.56. The fourth-order valence-electron chi connectivity index (χ4n) is 2.37. The van der Waals surface area contributed by atoms with E-state index in [4.69, 9.17) is 4.42 Å². The Morgan fingerprint density at radius 2 is 2.08 bits per heavy atom. The standard InChI is InChI=1S/C18H16F2N2O2S/c1-10-3-6-16(24-10)18-22-13(9-25-18)8-17(23)21-11(2)12-4-5-14(19)15(20)7-12/h3-7,9,11H,8H2,1-2H3,(H,21,23). The summed E-state index contributed by atoms with van der Waals surface area (Å²) in [5, 5.41) is 5.27. The second-order valence-electron chi connectivity index (χ2n) is 5.69. The van der Waals surface area contributed by atoms with E-state index >= 15 is 0 Å². The third-order valence-electron chi connectivity index (χ3n) is 3.67. The second-order valence-corrected chi connectivity index (χ2v) is 6.55. The number of halogens is 2. The number of carbonyl (C=O) groups is 1. The van der Waals surface area contributed by atoms with Crippen LogP contribution in [0.3, 0.4) is 0 Å². The van der Waals surface area contributed by atoms with Crippen molar-refractivity contribution < 1.29 is 18.0 Å². The SMILES string of the molecule is Cc1ccc(-c2nc(CC(=O)NC(C)c3ccc(F)c(F)c3)cs2)o1. The van der Waals surface area contributed by atoms with E-state index in [1.165, 1.54) is 17.4 Å². The highest BCUT2D eigenvalue weighted by Crippen LogP contribution is 2.25. The molecule has 3 aromatic rings. The lowest BCUT2D eigenvalue weighted by Crippen LogP contribution is -2.28. The molecule has 0 aliphatic rings. The first kappa shape index (κ1) is 17.3. The van der Waals surface area contributed by atoms with Crippen molar-refractivity contribution in [2.24, 2.45) is 0 Å². The Morgan fingerprint density at radius 1 is 1.28 bits per heavy atom. The highest BCUT2D eigenvalue weighted by Gasteiger charge is 2.15. The monoisotopic (exact) mass is 362 g/mol. The van der Waals surface area contributed by atoms with Crippen LogP contribution in [-0.4, -0.2) is 10.9 Å². The number of aryl methyl sites for hydroxylation is 1. The molecule has 1 unspecified atom stereocenters. The van der Waals surface area contributed by atoms with E-state index in [0.29, 0.717) is 22.0 Å². The number of furan rings is 1. The Labute approximate surface area is 147 Å². The number of aromatic nitrogens is 1. The van der Waals surface area contributed by atoms with Gasteiger partial charge in [0, 0.05) is 5.38 Å². The van der Waals surface area contributed by atoms with Crippen molar-refractivity contribution in [3.63, 3.8) is 0 Å². The fourth-order valence-corrected chi connectivity index (χ4v) is 3.15. The van der Waals surface area contributed by atoms with Crippen molar-refractivity contribution in [1.82, 2.24) is 10.3 Å². The van der Waals surface area contributed by atoms with Gasteiger partial charge in [-0.05, 0) is 43.7 Å². The molecule has 2 heterocycles. The summed E-state index contributed by atoms with van der Waals surface area (Å²) in [5.41, 5.74) is 1.13. The van der Waals surface area contributed by atoms with Crippen LogP contribution in [0, 0.1) is 18.6 Å². The Bertz CT molecular complexity index is 904. The zero-order chi connectivity index (χ0) is 18.0. The first-order chi connectivity index (χ1) is 11.9. The van der Waals surface area contributed by atoms with Crippen LogP contribution in [0.1, 0.15) is 30.0 Å². The Balaban J connectivity index is 1.62. The molecule has 4 nitrogen and oxygen atoms in total. The number of amides is 1. The zero-order valence-electron chi connectivity index (χ0n) is 13.7. The number of carbonyl (C=O) groups excluding carboxylic acids is 1. The normalized spacial score (nSPS) is 12.2. The molecule has 130 valence electrons. The predicted octanol–water partition coefficient (Wildman–Crippen LogP) is 4.41. The molecule has 0 radical (unpaired) electrons. The summed E-state index contributed by atoms with van der Waals surface area (Å²) < 4.78 is 31.8. The number of nitrogens with one attached hydrogen (secondary N) is 1. The Hall–Kier alpha value is -2.54. The highest BCUT2D eigenvalue weighted by atomic mass is 32.1. The summed E-state index contributed by atoms with van der Waals surface area (Å²) in [6.45, 7) is 3.56. The van der Waals surface area contributed by atoms with Crippen LogP contribution in [0.15, 0.2) is 40.1 Å². The van der Waals surface area contributed by atoms with E-state index in [9.17, 15) is 13.6 Å². The Kier molecular flexibility index (Phi) is 4.94. The molecule has 0 bridgehead atoms. The summed E-state index contributed by atoms with van der Waals surface area (Å²) >= 11 is 1.40. The van der Waals surface area contributed by atoms with Gasteiger partial charge in [0.25, 0.3) is 0 Å². The maximum absolute atomic E-state index is 13.3. The second kappa shape index (κ2) is 7.14. The summed E-state index contributed by atoms with van der Waals surface area (Å²) in [5.74, 6) is -0.624. The van der Waals surface area contributed by atoms with Crippen molar-refractivity contribution in [3.8, 4) is 10.8 Å². The van der Waals surface area contributed by atoms with Gasteiger partial charge in [-0.25, -0.2) is 13.8 Å². The van der Waals surface area contributed by atoms with Crippen LogP contribution in [0.25, 0.3) is 10.8 Å². The van der Waals surface area contributed by atoms with E-state index in [1.54, 1.807) is 12.3 Å². The van der Waals surface area contributed by atoms with Crippen molar-refractivity contribution in [2.45, 2.75) is 26.3 Å². The third kappa shape index (κ3) is 4.11. The summed E-state index contributed by atoms with van der Waals surface area (Å²) in [7, 11) is 0. The molecule has 3 rings (SSSR count). The number of hydrogen-bond donors (Lipinski definition) is 1. The maximum Gasteiger partial charge on any atom is 0.226 e. The molecule has 0 fully saturated rings. The smallest absolute Gasteiger partial charge is 0.226 e. The minimum absolute atomic E-state index is 0.101. The van der Waals surface area contributed by atoms with Crippen LogP contribution in [-0.2, 0) is 11.2 Å². The quantitative estimate of drug-likeness (QED) is 0.731. The van der Waals surface area contributed by atoms with Crippen molar-refractivity contribution in [3.05, 3.63) is 64.4 Å². The summed E-state index contributed by atoms with van der Waals surface area (Å²) in [6.07, 6.45) is 0.101. The zero-order valence-corrected chi connectivity index (χ0v) is 14.5. The molecule has 1 aromatic carbocycles. The first-order valence-electron chi connectivity index (χ1n) is 7.68. The van der Waals surface area contributed by atoms with E-state index in [2.05, 4.69) is 10.3 Å². The lowest BCUT2D eigenvalue weighted by molar-refractivity contribution is -0.121. The summed E-state index contributed by atoms with van der Waals surface area (Å²) in [4.78, 5) is 16.6. The molecule has 0 saturated carbocycles. The average molecular weight is 362 g/mol. The van der Waals surface area contributed by atoms with Crippen molar-refractivity contribution >= 4 is 17.2 Å². The molecule has 7 heteroatoms. The molecular formula is C18H16F2N2O2S. The highest BCUT2D eigenvalue weighted by molar-refractivity contribution is 7.13. The van der Waals surface area contributed by atoms with Crippen LogP contribution in [0.4, 0.5) is 8.78 Å². The van der Waals surface area contributed by atoms with Gasteiger partial charge >= 0.3 is 0 Å². The number of benzene rings is 1. The van der Waals surface area contributed by atoms with Crippen LogP contribution in [0.5, 0.6) is 0 Å². The number of nitrogens with zero attached hydrogens (tertiary/aromatic N) is 1. The van der Waals surface area contributed by atoms with Gasteiger partial charge in [0.05, 0.1) is 18.2 Å². The van der Waals surface area contributed by atoms with Gasteiger partial charge < -0.3 is 9.73 Å². The topological polar surface area (TPSA) is 55.1 Å². The predicted molar refractivity (Wildman–Crippen MR) is 91.2 cm³/mol. The lowest BCUT2D eigenvalue weighted by atomic mass is 10.1. The van der Waals surface area contributed by atoms with Crippen molar-refractivity contribution in [2.75, 3.05) is 0 Å². The van der Waals surface area contributed by atoms with Crippen LogP contribution in [0.2, 0.25) is 0 Å².